The maximum absolute atomic E-state index is 13.5. The fourth-order valence-electron chi connectivity index (χ4n) is 2.40. The molecule has 0 bridgehead atoms. The zero-order valence-electron chi connectivity index (χ0n) is 10.9. The van der Waals surface area contributed by atoms with Crippen molar-refractivity contribution in [1.82, 2.24) is 4.72 Å². The van der Waals surface area contributed by atoms with Crippen LogP contribution >= 0.6 is 0 Å². The summed E-state index contributed by atoms with van der Waals surface area (Å²) in [6.45, 7) is 0.0272. The van der Waals surface area contributed by atoms with Crippen LogP contribution in [-0.2, 0) is 10.0 Å². The molecule has 0 amide bonds. The summed E-state index contributed by atoms with van der Waals surface area (Å²) in [4.78, 5) is -0.706. The number of nitrogens with one attached hydrogen (secondary N) is 1. The lowest BCUT2D eigenvalue weighted by Crippen LogP contribution is -2.36. The number of rotatable bonds is 4. The Kier molecular flexibility index (Phi) is 4.72. The molecule has 0 saturated heterocycles. The van der Waals surface area contributed by atoms with Gasteiger partial charge in [-0.1, -0.05) is 12.8 Å². The number of hydrogen-bond donors (Lipinski definition) is 2. The van der Waals surface area contributed by atoms with E-state index in [-0.39, 0.29) is 12.5 Å². The molecule has 1 aromatic carbocycles. The highest BCUT2D eigenvalue weighted by molar-refractivity contribution is 7.89. The lowest BCUT2D eigenvalue weighted by atomic mass is 9.87. The molecule has 1 saturated carbocycles. The van der Waals surface area contributed by atoms with E-state index < -0.39 is 32.7 Å². The predicted octanol–water partition coefficient (Wildman–Crippen LogP) is 1.79. The van der Waals surface area contributed by atoms with Gasteiger partial charge in [0.2, 0.25) is 10.0 Å². The van der Waals surface area contributed by atoms with E-state index in [0.717, 1.165) is 31.4 Å². The second kappa shape index (κ2) is 6.15. The van der Waals surface area contributed by atoms with Crippen molar-refractivity contribution < 1.29 is 22.3 Å². The standard InChI is InChI=1S/C13H17F2NO3S/c14-10-5-6-11(15)13(7-10)20(18,19)16-8-9-3-1-2-4-12(9)17/h5-7,9,12,16-17H,1-4,8H2/t9-,12+/m1/s1. The van der Waals surface area contributed by atoms with E-state index in [2.05, 4.69) is 4.72 Å². The van der Waals surface area contributed by atoms with Crippen molar-refractivity contribution in [1.29, 1.82) is 0 Å². The normalized spacial score (nSPS) is 23.8. The summed E-state index contributed by atoms with van der Waals surface area (Å²) >= 11 is 0. The number of hydrogen-bond acceptors (Lipinski definition) is 3. The minimum atomic E-state index is -4.11. The maximum Gasteiger partial charge on any atom is 0.243 e. The van der Waals surface area contributed by atoms with Gasteiger partial charge in [0.15, 0.2) is 0 Å². The molecule has 0 unspecified atom stereocenters. The first-order valence-corrected chi connectivity index (χ1v) is 8.01. The van der Waals surface area contributed by atoms with Crippen molar-refractivity contribution in [2.75, 3.05) is 6.54 Å². The Morgan fingerprint density at radius 3 is 2.65 bits per heavy atom. The van der Waals surface area contributed by atoms with Crippen LogP contribution in [0.5, 0.6) is 0 Å². The minimum Gasteiger partial charge on any atom is -0.393 e. The Morgan fingerprint density at radius 1 is 1.25 bits per heavy atom. The molecular weight excluding hydrogens is 288 g/mol. The van der Waals surface area contributed by atoms with Gasteiger partial charge in [0.25, 0.3) is 0 Å². The highest BCUT2D eigenvalue weighted by Crippen LogP contribution is 2.24. The van der Waals surface area contributed by atoms with Crippen LogP contribution in [0.3, 0.4) is 0 Å². The molecule has 0 aromatic heterocycles. The molecule has 7 heteroatoms. The van der Waals surface area contributed by atoms with Crippen LogP contribution in [-0.4, -0.2) is 26.2 Å². The average molecular weight is 305 g/mol. The van der Waals surface area contributed by atoms with Crippen molar-refractivity contribution in [2.45, 2.75) is 36.7 Å². The fourth-order valence-corrected chi connectivity index (χ4v) is 3.59. The van der Waals surface area contributed by atoms with Gasteiger partial charge in [-0.25, -0.2) is 21.9 Å². The first kappa shape index (κ1) is 15.3. The van der Waals surface area contributed by atoms with Crippen LogP contribution in [0.4, 0.5) is 8.78 Å². The van der Waals surface area contributed by atoms with Gasteiger partial charge < -0.3 is 5.11 Å². The van der Waals surface area contributed by atoms with Crippen LogP contribution in [0.25, 0.3) is 0 Å². The van der Waals surface area contributed by atoms with Gasteiger partial charge in [-0.3, -0.25) is 0 Å². The topological polar surface area (TPSA) is 66.4 Å². The maximum atomic E-state index is 13.5. The number of aliphatic hydroxyl groups excluding tert-OH is 1. The van der Waals surface area contributed by atoms with Crippen LogP contribution < -0.4 is 4.72 Å². The molecule has 112 valence electrons. The highest BCUT2D eigenvalue weighted by Gasteiger charge is 2.26. The van der Waals surface area contributed by atoms with Crippen molar-refractivity contribution in [2.24, 2.45) is 5.92 Å². The summed E-state index contributed by atoms with van der Waals surface area (Å²) in [5, 5.41) is 9.77. The monoisotopic (exact) mass is 305 g/mol. The molecule has 0 radical (unpaired) electrons. The Balaban J connectivity index is 2.09. The number of halogens is 2. The quantitative estimate of drug-likeness (QED) is 0.891. The second-order valence-corrected chi connectivity index (χ2v) is 6.77. The Bertz CT molecular complexity index is 577. The second-order valence-electron chi connectivity index (χ2n) is 5.04. The van der Waals surface area contributed by atoms with E-state index in [1.165, 1.54) is 0 Å². The first-order chi connectivity index (χ1) is 9.40. The summed E-state index contributed by atoms with van der Waals surface area (Å²) in [7, 11) is -4.11. The third kappa shape index (κ3) is 3.53. The van der Waals surface area contributed by atoms with E-state index in [1.54, 1.807) is 0 Å². The molecule has 1 aliphatic rings. The van der Waals surface area contributed by atoms with Gasteiger partial charge in [-0.05, 0) is 37.0 Å². The van der Waals surface area contributed by atoms with Crippen molar-refractivity contribution in [3.05, 3.63) is 29.8 Å². The SMILES string of the molecule is O=S(=O)(NC[C@H]1CCCC[C@@H]1O)c1cc(F)ccc1F. The Labute approximate surface area is 116 Å². The molecule has 4 nitrogen and oxygen atoms in total. The van der Waals surface area contributed by atoms with Gasteiger partial charge in [-0.15, -0.1) is 0 Å². The van der Waals surface area contributed by atoms with Crippen molar-refractivity contribution >= 4 is 10.0 Å². The van der Waals surface area contributed by atoms with Gasteiger partial charge in [0.05, 0.1) is 6.10 Å². The number of sulfonamides is 1. The van der Waals surface area contributed by atoms with Gasteiger partial charge in [0, 0.05) is 6.54 Å². The van der Waals surface area contributed by atoms with Gasteiger partial charge >= 0.3 is 0 Å². The largest absolute Gasteiger partial charge is 0.393 e. The number of benzene rings is 1. The van der Waals surface area contributed by atoms with E-state index in [1.807, 2.05) is 0 Å². The summed E-state index contributed by atoms with van der Waals surface area (Å²) in [6, 6.07) is 2.29. The molecule has 2 rings (SSSR count). The van der Waals surface area contributed by atoms with E-state index >= 15 is 0 Å². The predicted molar refractivity (Wildman–Crippen MR) is 69.5 cm³/mol. The van der Waals surface area contributed by atoms with Crippen LogP contribution in [0.1, 0.15) is 25.7 Å². The molecule has 0 heterocycles. The van der Waals surface area contributed by atoms with E-state index in [9.17, 15) is 22.3 Å². The average Bonchev–Trinajstić information content (AvgIpc) is 2.40. The van der Waals surface area contributed by atoms with Crippen LogP contribution in [0, 0.1) is 17.6 Å². The van der Waals surface area contributed by atoms with Crippen LogP contribution in [0.15, 0.2) is 23.1 Å². The molecule has 1 aromatic rings. The van der Waals surface area contributed by atoms with Crippen LogP contribution in [0.2, 0.25) is 0 Å². The third-order valence-corrected chi connectivity index (χ3v) is 5.03. The summed E-state index contributed by atoms with van der Waals surface area (Å²) in [6.07, 6.45) is 2.65. The third-order valence-electron chi connectivity index (χ3n) is 3.59. The molecule has 0 aliphatic heterocycles. The molecule has 2 N–H and O–H groups in total. The smallest absolute Gasteiger partial charge is 0.243 e. The van der Waals surface area contributed by atoms with Gasteiger partial charge in [-0.2, -0.15) is 0 Å². The summed E-state index contributed by atoms with van der Waals surface area (Å²) in [5.74, 6) is -2.00. The summed E-state index contributed by atoms with van der Waals surface area (Å²) < 4.78 is 52.7. The molecule has 1 aliphatic carbocycles. The first-order valence-electron chi connectivity index (χ1n) is 6.53. The molecule has 20 heavy (non-hydrogen) atoms. The van der Waals surface area contributed by atoms with Crippen molar-refractivity contribution in [3.63, 3.8) is 0 Å². The molecule has 1 fully saturated rings. The van der Waals surface area contributed by atoms with E-state index in [4.69, 9.17) is 0 Å². The Morgan fingerprint density at radius 2 is 1.95 bits per heavy atom. The molecular formula is C13H17F2NO3S. The zero-order chi connectivity index (χ0) is 14.8. The Hall–Kier alpha value is -1.05. The number of aliphatic hydroxyl groups is 1. The summed E-state index contributed by atoms with van der Waals surface area (Å²) in [5.41, 5.74) is 0. The lowest BCUT2D eigenvalue weighted by Gasteiger charge is -2.27. The fraction of sp³-hybridized carbons (Fsp3) is 0.538. The van der Waals surface area contributed by atoms with Crippen molar-refractivity contribution in [3.8, 4) is 0 Å². The minimum absolute atomic E-state index is 0.0272. The van der Waals surface area contributed by atoms with Gasteiger partial charge in [0.1, 0.15) is 16.5 Å². The molecule has 2 atom stereocenters. The van der Waals surface area contributed by atoms with E-state index in [0.29, 0.717) is 12.5 Å². The molecule has 0 spiro atoms. The highest BCUT2D eigenvalue weighted by atomic mass is 32.2. The lowest BCUT2D eigenvalue weighted by molar-refractivity contribution is 0.0724. The zero-order valence-corrected chi connectivity index (χ0v) is 11.7.